The molecule has 0 saturated carbocycles. The van der Waals surface area contributed by atoms with Crippen molar-refractivity contribution < 1.29 is 9.50 Å². The number of aromatic hydroxyl groups is 1. The molecular weight excluding hydrogens is 241 g/mol. The molecule has 2 aromatic carbocycles. The van der Waals surface area contributed by atoms with Crippen molar-refractivity contribution in [3.63, 3.8) is 0 Å². The Morgan fingerprint density at radius 3 is 2.47 bits per heavy atom. The molecule has 0 unspecified atom stereocenters. The maximum Gasteiger partial charge on any atom is 0.134 e. The highest BCUT2D eigenvalue weighted by molar-refractivity contribution is 6.32. The van der Waals surface area contributed by atoms with E-state index in [4.69, 9.17) is 11.6 Å². The first-order chi connectivity index (χ1) is 8.15. The van der Waals surface area contributed by atoms with E-state index >= 15 is 0 Å². The predicted octanol–water partition coefficient (Wildman–Crippen LogP) is 3.80. The third-order valence-electron chi connectivity index (χ3n) is 2.36. The second-order valence-corrected chi connectivity index (χ2v) is 4.05. The Bertz CT molecular complexity index is 513. The normalized spacial score (nSPS) is 10.2. The molecule has 0 aliphatic carbocycles. The standard InChI is InChI=1S/C13H11ClFNO/c14-12-7-11(5-6-13(12)17)16-8-9-1-3-10(15)4-2-9/h1-7,16-17H,8H2. The molecule has 2 N–H and O–H groups in total. The molecule has 0 bridgehead atoms. The number of halogens is 2. The van der Waals surface area contributed by atoms with Crippen LogP contribution in [0.3, 0.4) is 0 Å². The van der Waals surface area contributed by atoms with Crippen molar-refractivity contribution in [3.05, 3.63) is 58.9 Å². The summed E-state index contributed by atoms with van der Waals surface area (Å²) in [5.74, 6) is -0.194. The van der Waals surface area contributed by atoms with E-state index in [2.05, 4.69) is 5.32 Å². The summed E-state index contributed by atoms with van der Waals surface area (Å²) < 4.78 is 12.7. The van der Waals surface area contributed by atoms with Gasteiger partial charge in [-0.3, -0.25) is 0 Å². The average Bonchev–Trinajstić information content (AvgIpc) is 2.33. The van der Waals surface area contributed by atoms with Crippen molar-refractivity contribution in [2.45, 2.75) is 6.54 Å². The van der Waals surface area contributed by atoms with Gasteiger partial charge in [0, 0.05) is 12.2 Å². The van der Waals surface area contributed by atoms with Crippen molar-refractivity contribution in [1.29, 1.82) is 0 Å². The maximum absolute atomic E-state index is 12.7. The molecule has 17 heavy (non-hydrogen) atoms. The zero-order chi connectivity index (χ0) is 12.3. The Morgan fingerprint density at radius 2 is 1.82 bits per heavy atom. The highest BCUT2D eigenvalue weighted by atomic mass is 35.5. The Balaban J connectivity index is 2.02. The fraction of sp³-hybridized carbons (Fsp3) is 0.0769. The summed E-state index contributed by atoms with van der Waals surface area (Å²) in [5, 5.41) is 12.7. The molecular formula is C13H11ClFNO. The van der Waals surface area contributed by atoms with Crippen molar-refractivity contribution >= 4 is 17.3 Å². The predicted molar refractivity (Wildman–Crippen MR) is 66.8 cm³/mol. The van der Waals surface area contributed by atoms with Gasteiger partial charge in [0.05, 0.1) is 5.02 Å². The highest BCUT2D eigenvalue weighted by Gasteiger charge is 2.00. The lowest BCUT2D eigenvalue weighted by Gasteiger charge is -2.07. The van der Waals surface area contributed by atoms with Crippen LogP contribution in [0.1, 0.15) is 5.56 Å². The van der Waals surface area contributed by atoms with E-state index in [0.29, 0.717) is 11.6 Å². The van der Waals surface area contributed by atoms with Crippen LogP contribution in [0.15, 0.2) is 42.5 Å². The van der Waals surface area contributed by atoms with Gasteiger partial charge < -0.3 is 10.4 Å². The van der Waals surface area contributed by atoms with Crippen LogP contribution < -0.4 is 5.32 Å². The fourth-order valence-corrected chi connectivity index (χ4v) is 1.60. The van der Waals surface area contributed by atoms with Crippen LogP contribution >= 0.6 is 11.6 Å². The monoisotopic (exact) mass is 251 g/mol. The summed E-state index contributed by atoms with van der Waals surface area (Å²) in [7, 11) is 0. The summed E-state index contributed by atoms with van der Waals surface area (Å²) in [6, 6.07) is 11.1. The third-order valence-corrected chi connectivity index (χ3v) is 2.66. The lowest BCUT2D eigenvalue weighted by Crippen LogP contribution is -1.99. The Kier molecular flexibility index (Phi) is 3.49. The summed E-state index contributed by atoms with van der Waals surface area (Å²) in [4.78, 5) is 0. The van der Waals surface area contributed by atoms with Gasteiger partial charge in [0.1, 0.15) is 11.6 Å². The number of hydrogen-bond acceptors (Lipinski definition) is 2. The van der Waals surface area contributed by atoms with Crippen LogP contribution in [0.5, 0.6) is 5.75 Å². The van der Waals surface area contributed by atoms with Crippen molar-refractivity contribution in [1.82, 2.24) is 0 Å². The van der Waals surface area contributed by atoms with Crippen LogP contribution in [0.4, 0.5) is 10.1 Å². The fourth-order valence-electron chi connectivity index (χ4n) is 1.42. The lowest BCUT2D eigenvalue weighted by atomic mass is 10.2. The number of hydrogen-bond donors (Lipinski definition) is 2. The van der Waals surface area contributed by atoms with Gasteiger partial charge in [-0.05, 0) is 35.9 Å². The average molecular weight is 252 g/mol. The molecule has 0 saturated heterocycles. The van der Waals surface area contributed by atoms with Crippen molar-refractivity contribution in [2.75, 3.05) is 5.32 Å². The minimum atomic E-state index is -0.249. The number of benzene rings is 2. The summed E-state index contributed by atoms with van der Waals surface area (Å²) >= 11 is 5.78. The van der Waals surface area contributed by atoms with Gasteiger partial charge in [-0.2, -0.15) is 0 Å². The summed E-state index contributed by atoms with van der Waals surface area (Å²) in [5.41, 5.74) is 1.77. The van der Waals surface area contributed by atoms with Gasteiger partial charge in [0.15, 0.2) is 0 Å². The van der Waals surface area contributed by atoms with E-state index in [-0.39, 0.29) is 11.6 Å². The van der Waals surface area contributed by atoms with Gasteiger partial charge in [-0.25, -0.2) is 4.39 Å². The number of phenolic OH excluding ortho intramolecular Hbond substituents is 1. The van der Waals surface area contributed by atoms with E-state index in [0.717, 1.165) is 11.3 Å². The quantitative estimate of drug-likeness (QED) is 0.814. The van der Waals surface area contributed by atoms with Crippen molar-refractivity contribution in [2.24, 2.45) is 0 Å². The molecule has 0 amide bonds. The zero-order valence-corrected chi connectivity index (χ0v) is 9.71. The largest absolute Gasteiger partial charge is 0.506 e. The number of anilines is 1. The molecule has 0 atom stereocenters. The Hall–Kier alpha value is -1.74. The molecule has 0 aliphatic rings. The SMILES string of the molecule is Oc1ccc(NCc2ccc(F)cc2)cc1Cl. The number of phenols is 1. The van der Waals surface area contributed by atoms with Gasteiger partial charge in [0.25, 0.3) is 0 Å². The third kappa shape index (κ3) is 3.11. The van der Waals surface area contributed by atoms with E-state index in [9.17, 15) is 9.50 Å². The molecule has 0 heterocycles. The second kappa shape index (κ2) is 5.06. The first-order valence-corrected chi connectivity index (χ1v) is 5.50. The van der Waals surface area contributed by atoms with Gasteiger partial charge in [-0.1, -0.05) is 23.7 Å². The molecule has 0 radical (unpaired) electrons. The van der Waals surface area contributed by atoms with Crippen molar-refractivity contribution in [3.8, 4) is 5.75 Å². The molecule has 2 nitrogen and oxygen atoms in total. The highest BCUT2D eigenvalue weighted by Crippen LogP contribution is 2.26. The van der Waals surface area contributed by atoms with Crippen LogP contribution in [0.25, 0.3) is 0 Å². The van der Waals surface area contributed by atoms with Gasteiger partial charge >= 0.3 is 0 Å². The molecule has 4 heteroatoms. The second-order valence-electron chi connectivity index (χ2n) is 3.65. The van der Waals surface area contributed by atoms with Crippen LogP contribution in [0.2, 0.25) is 5.02 Å². The lowest BCUT2D eigenvalue weighted by molar-refractivity contribution is 0.475. The topological polar surface area (TPSA) is 32.3 Å². The summed E-state index contributed by atoms with van der Waals surface area (Å²) in [6.07, 6.45) is 0. The smallest absolute Gasteiger partial charge is 0.134 e. The summed E-state index contributed by atoms with van der Waals surface area (Å²) in [6.45, 7) is 0.571. The van der Waals surface area contributed by atoms with Crippen LogP contribution in [0, 0.1) is 5.82 Å². The Morgan fingerprint density at radius 1 is 1.12 bits per heavy atom. The van der Waals surface area contributed by atoms with Gasteiger partial charge in [0.2, 0.25) is 0 Å². The maximum atomic E-state index is 12.7. The molecule has 88 valence electrons. The van der Waals surface area contributed by atoms with Gasteiger partial charge in [-0.15, -0.1) is 0 Å². The Labute approximate surface area is 104 Å². The first-order valence-electron chi connectivity index (χ1n) is 5.12. The molecule has 2 aromatic rings. The van der Waals surface area contributed by atoms with E-state index in [1.54, 1.807) is 24.3 Å². The first kappa shape index (κ1) is 11.7. The molecule has 0 aromatic heterocycles. The number of rotatable bonds is 3. The van der Waals surface area contributed by atoms with Crippen LogP contribution in [-0.2, 0) is 6.54 Å². The molecule has 2 rings (SSSR count). The zero-order valence-electron chi connectivity index (χ0n) is 8.95. The van der Waals surface area contributed by atoms with Crippen LogP contribution in [-0.4, -0.2) is 5.11 Å². The minimum absolute atomic E-state index is 0.0546. The van der Waals surface area contributed by atoms with E-state index < -0.39 is 0 Å². The number of nitrogens with one attached hydrogen (secondary N) is 1. The minimum Gasteiger partial charge on any atom is -0.506 e. The molecule has 0 spiro atoms. The van der Waals surface area contributed by atoms with E-state index in [1.807, 2.05) is 0 Å². The van der Waals surface area contributed by atoms with E-state index in [1.165, 1.54) is 18.2 Å². The molecule has 0 fully saturated rings. The molecule has 0 aliphatic heterocycles.